The van der Waals surface area contributed by atoms with Gasteiger partial charge in [-0.3, -0.25) is 8.98 Å². The predicted octanol–water partition coefficient (Wildman–Crippen LogP) is 6.41. The van der Waals surface area contributed by atoms with Crippen molar-refractivity contribution in [3.63, 3.8) is 0 Å². The Hall–Kier alpha value is -3.11. The number of nitrogens with one attached hydrogen (secondary N) is 2. The summed E-state index contributed by atoms with van der Waals surface area (Å²) in [5.41, 5.74) is 1.11. The maximum atomic E-state index is 12.8. The molecule has 0 radical (unpaired) electrons. The SMILES string of the molecule is Cc1ccc(S(=O)(=O)OCCCC(CNC(=O)CNC(=O)OC(C)(C)C)(c2ccc(Cl)cc2)c2ccc(Cl)cc2)cc1. The Morgan fingerprint density at radius 1 is 0.810 bits per heavy atom. The third-order valence-electron chi connectivity index (χ3n) is 6.47. The van der Waals surface area contributed by atoms with Gasteiger partial charge in [0.25, 0.3) is 10.1 Å². The number of halogens is 2. The lowest BCUT2D eigenvalue weighted by Gasteiger charge is -2.36. The van der Waals surface area contributed by atoms with Crippen molar-refractivity contribution in [2.24, 2.45) is 0 Å². The van der Waals surface area contributed by atoms with Crippen molar-refractivity contribution in [2.75, 3.05) is 19.7 Å². The number of hydrogen-bond donors (Lipinski definition) is 2. The van der Waals surface area contributed by atoms with Crippen molar-refractivity contribution in [2.45, 2.75) is 56.4 Å². The van der Waals surface area contributed by atoms with Crippen LogP contribution in [-0.2, 0) is 29.2 Å². The predicted molar refractivity (Wildman–Crippen MR) is 164 cm³/mol. The zero-order valence-electron chi connectivity index (χ0n) is 24.1. The molecule has 2 amide bonds. The fourth-order valence-electron chi connectivity index (χ4n) is 4.38. The topological polar surface area (TPSA) is 111 Å². The Labute approximate surface area is 257 Å². The molecule has 0 saturated heterocycles. The van der Waals surface area contributed by atoms with Gasteiger partial charge < -0.3 is 15.4 Å². The monoisotopic (exact) mass is 634 g/mol. The van der Waals surface area contributed by atoms with E-state index in [4.69, 9.17) is 32.1 Å². The van der Waals surface area contributed by atoms with Crippen molar-refractivity contribution in [1.82, 2.24) is 10.6 Å². The summed E-state index contributed by atoms with van der Waals surface area (Å²) in [7, 11) is -3.95. The zero-order valence-corrected chi connectivity index (χ0v) is 26.4. The van der Waals surface area contributed by atoms with Gasteiger partial charge in [-0.05, 0) is 88.1 Å². The molecule has 2 N–H and O–H groups in total. The molecule has 0 saturated carbocycles. The molecule has 0 unspecified atom stereocenters. The van der Waals surface area contributed by atoms with Gasteiger partial charge in [-0.1, -0.05) is 65.2 Å². The highest BCUT2D eigenvalue weighted by molar-refractivity contribution is 7.86. The largest absolute Gasteiger partial charge is 0.444 e. The van der Waals surface area contributed by atoms with E-state index in [-0.39, 0.29) is 24.6 Å². The molecule has 0 aliphatic carbocycles. The number of rotatable bonds is 12. The van der Waals surface area contributed by atoms with Crippen LogP contribution in [0, 0.1) is 6.92 Å². The second kappa shape index (κ2) is 14.4. The summed E-state index contributed by atoms with van der Waals surface area (Å²) in [6.07, 6.45) is 0.0354. The molecule has 3 aromatic carbocycles. The third kappa shape index (κ3) is 9.73. The number of benzene rings is 3. The van der Waals surface area contributed by atoms with Crippen LogP contribution in [-0.4, -0.2) is 45.7 Å². The van der Waals surface area contributed by atoms with Gasteiger partial charge in [0, 0.05) is 22.0 Å². The molecule has 11 heteroatoms. The van der Waals surface area contributed by atoms with Gasteiger partial charge in [0.1, 0.15) is 5.60 Å². The standard InChI is InChI=1S/C31H36Cl2N2O6S/c1-22-6-16-27(17-7-22)42(38,39)40-19-5-18-31(23-8-12-25(32)13-9-23,24-10-14-26(33)15-11-24)21-35-28(36)20-34-29(37)41-30(2,3)4/h6-17H,5,18-21H2,1-4H3,(H,34,37)(H,35,36). The number of carbonyl (C=O) groups is 2. The van der Waals surface area contributed by atoms with Gasteiger partial charge in [-0.25, -0.2) is 4.79 Å². The highest BCUT2D eigenvalue weighted by Crippen LogP contribution is 2.38. The van der Waals surface area contributed by atoms with Gasteiger partial charge in [0.15, 0.2) is 0 Å². The summed E-state index contributed by atoms with van der Waals surface area (Å²) in [5, 5.41) is 6.47. The van der Waals surface area contributed by atoms with E-state index in [1.165, 1.54) is 12.1 Å². The quantitative estimate of drug-likeness (QED) is 0.176. The fourth-order valence-corrected chi connectivity index (χ4v) is 5.57. The second-order valence-electron chi connectivity index (χ2n) is 10.9. The van der Waals surface area contributed by atoms with E-state index in [9.17, 15) is 18.0 Å². The number of carbonyl (C=O) groups excluding carboxylic acids is 2. The Bertz CT molecular complexity index is 1410. The minimum absolute atomic E-state index is 0.0761. The van der Waals surface area contributed by atoms with Gasteiger partial charge in [-0.15, -0.1) is 0 Å². The molecule has 0 atom stereocenters. The molecule has 3 rings (SSSR count). The van der Waals surface area contributed by atoms with E-state index in [1.807, 2.05) is 31.2 Å². The van der Waals surface area contributed by atoms with Crippen LogP contribution in [0.2, 0.25) is 10.0 Å². The molecular formula is C31H36Cl2N2O6S. The summed E-state index contributed by atoms with van der Waals surface area (Å²) in [6, 6.07) is 20.9. The van der Waals surface area contributed by atoms with Crippen LogP contribution >= 0.6 is 23.2 Å². The van der Waals surface area contributed by atoms with Crippen molar-refractivity contribution >= 4 is 45.3 Å². The Kier molecular flexibility index (Phi) is 11.4. The molecule has 0 heterocycles. The molecule has 226 valence electrons. The highest BCUT2D eigenvalue weighted by Gasteiger charge is 2.35. The summed E-state index contributed by atoms with van der Waals surface area (Å²) in [5.74, 6) is -0.425. The first-order chi connectivity index (χ1) is 19.7. The molecule has 0 fully saturated rings. The molecule has 3 aromatic rings. The lowest BCUT2D eigenvalue weighted by molar-refractivity contribution is -0.120. The van der Waals surface area contributed by atoms with Crippen LogP contribution in [0.1, 0.15) is 50.3 Å². The van der Waals surface area contributed by atoms with Gasteiger partial charge in [-0.2, -0.15) is 8.42 Å². The van der Waals surface area contributed by atoms with Crippen molar-refractivity contribution < 1.29 is 26.9 Å². The lowest BCUT2D eigenvalue weighted by atomic mass is 9.71. The van der Waals surface area contributed by atoms with Crippen molar-refractivity contribution in [1.29, 1.82) is 0 Å². The van der Waals surface area contributed by atoms with Crippen LogP contribution in [0.15, 0.2) is 77.7 Å². The average Bonchev–Trinajstić information content (AvgIpc) is 2.92. The van der Waals surface area contributed by atoms with Crippen LogP contribution in [0.3, 0.4) is 0 Å². The van der Waals surface area contributed by atoms with E-state index in [1.54, 1.807) is 57.2 Å². The Morgan fingerprint density at radius 2 is 1.33 bits per heavy atom. The molecule has 0 bridgehead atoms. The first kappa shape index (κ1) is 33.4. The smallest absolute Gasteiger partial charge is 0.408 e. The van der Waals surface area contributed by atoms with E-state index in [0.717, 1.165) is 16.7 Å². The summed E-state index contributed by atoms with van der Waals surface area (Å²) in [6.45, 7) is 6.84. The lowest BCUT2D eigenvalue weighted by Crippen LogP contribution is -2.46. The molecule has 0 aliphatic rings. The van der Waals surface area contributed by atoms with Crippen molar-refractivity contribution in [3.8, 4) is 0 Å². The molecule has 42 heavy (non-hydrogen) atoms. The first-order valence-corrected chi connectivity index (χ1v) is 15.6. The van der Waals surface area contributed by atoms with Gasteiger partial charge >= 0.3 is 6.09 Å². The normalized spacial score (nSPS) is 12.0. The van der Waals surface area contributed by atoms with E-state index in [2.05, 4.69) is 10.6 Å². The second-order valence-corrected chi connectivity index (χ2v) is 13.4. The number of hydrogen-bond acceptors (Lipinski definition) is 6. The van der Waals surface area contributed by atoms with Crippen LogP contribution in [0.5, 0.6) is 0 Å². The number of amides is 2. The van der Waals surface area contributed by atoms with E-state index in [0.29, 0.717) is 22.9 Å². The van der Waals surface area contributed by atoms with Crippen LogP contribution in [0.25, 0.3) is 0 Å². The molecule has 0 aromatic heterocycles. The number of aryl methyl sites for hydroxylation is 1. The molecule has 0 spiro atoms. The minimum atomic E-state index is -3.95. The summed E-state index contributed by atoms with van der Waals surface area (Å²) >= 11 is 12.4. The van der Waals surface area contributed by atoms with Crippen molar-refractivity contribution in [3.05, 3.63) is 99.5 Å². The average molecular weight is 636 g/mol. The summed E-state index contributed by atoms with van der Waals surface area (Å²) in [4.78, 5) is 25.0. The molecule has 0 aliphatic heterocycles. The molecule has 8 nitrogen and oxygen atoms in total. The fraction of sp³-hybridized carbons (Fsp3) is 0.355. The van der Waals surface area contributed by atoms with Crippen LogP contribution in [0.4, 0.5) is 4.79 Å². The minimum Gasteiger partial charge on any atom is -0.444 e. The summed E-state index contributed by atoms with van der Waals surface area (Å²) < 4.78 is 36.1. The number of alkyl carbamates (subject to hydrolysis) is 1. The zero-order chi connectivity index (χ0) is 31.0. The van der Waals surface area contributed by atoms with E-state index >= 15 is 0 Å². The maximum Gasteiger partial charge on any atom is 0.408 e. The van der Waals surface area contributed by atoms with Gasteiger partial charge in [0.05, 0.1) is 18.0 Å². The van der Waals surface area contributed by atoms with E-state index < -0.39 is 33.1 Å². The first-order valence-electron chi connectivity index (χ1n) is 13.4. The Balaban J connectivity index is 1.83. The third-order valence-corrected chi connectivity index (χ3v) is 8.30. The number of ether oxygens (including phenoxy) is 1. The van der Waals surface area contributed by atoms with Gasteiger partial charge in [0.2, 0.25) is 5.91 Å². The molecular weight excluding hydrogens is 599 g/mol. The maximum absolute atomic E-state index is 12.8. The van der Waals surface area contributed by atoms with Crippen LogP contribution < -0.4 is 10.6 Å². The highest BCUT2D eigenvalue weighted by atomic mass is 35.5. The Morgan fingerprint density at radius 3 is 1.83 bits per heavy atom.